The van der Waals surface area contributed by atoms with Gasteiger partial charge in [-0.2, -0.15) is 0 Å². The third kappa shape index (κ3) is 1.80. The van der Waals surface area contributed by atoms with Gasteiger partial charge in [0.1, 0.15) is 5.82 Å². The minimum absolute atomic E-state index is 0.411. The molecule has 76 valence electrons. The predicted molar refractivity (Wildman–Crippen MR) is 56.3 cm³/mol. The molecular weight excluding hydrogens is 178 g/mol. The minimum atomic E-state index is 0.411. The summed E-state index contributed by atoms with van der Waals surface area (Å²) in [5, 5.41) is 0. The highest BCUT2D eigenvalue weighted by Gasteiger charge is 2.18. The predicted octanol–water partition coefficient (Wildman–Crippen LogP) is 0.889. The average molecular weight is 193 g/mol. The molecule has 2 heterocycles. The number of pyridine rings is 1. The zero-order valence-corrected chi connectivity index (χ0v) is 8.31. The summed E-state index contributed by atoms with van der Waals surface area (Å²) in [6.07, 6.45) is 1.82. The van der Waals surface area contributed by atoms with Crippen LogP contribution in [0.3, 0.4) is 0 Å². The van der Waals surface area contributed by atoms with E-state index in [0.29, 0.717) is 11.9 Å². The van der Waals surface area contributed by atoms with Crippen molar-refractivity contribution in [3.05, 3.63) is 18.3 Å². The number of hydrogen-bond donors (Lipinski definition) is 1. The molecule has 0 amide bonds. The molecule has 0 bridgehead atoms. The van der Waals surface area contributed by atoms with E-state index in [1.807, 2.05) is 18.3 Å². The molecule has 0 radical (unpaired) electrons. The monoisotopic (exact) mass is 193 g/mol. The molecular formula is C10H15N3O. The van der Waals surface area contributed by atoms with E-state index < -0.39 is 0 Å². The summed E-state index contributed by atoms with van der Waals surface area (Å²) in [5.74, 6) is 0.565. The molecule has 0 aliphatic carbocycles. The smallest absolute Gasteiger partial charge is 0.123 e. The van der Waals surface area contributed by atoms with Gasteiger partial charge in [0.15, 0.2) is 0 Å². The third-order valence-electron chi connectivity index (χ3n) is 2.47. The van der Waals surface area contributed by atoms with E-state index in [-0.39, 0.29) is 0 Å². The summed E-state index contributed by atoms with van der Waals surface area (Å²) >= 11 is 0. The summed E-state index contributed by atoms with van der Waals surface area (Å²) < 4.78 is 5.37. The van der Waals surface area contributed by atoms with Crippen molar-refractivity contribution in [2.45, 2.75) is 13.0 Å². The second kappa shape index (κ2) is 3.84. The zero-order valence-electron chi connectivity index (χ0n) is 8.31. The molecule has 0 saturated carbocycles. The van der Waals surface area contributed by atoms with Gasteiger partial charge in [0, 0.05) is 12.6 Å². The first-order valence-corrected chi connectivity index (χ1v) is 4.83. The summed E-state index contributed by atoms with van der Waals surface area (Å²) in [5.41, 5.74) is 6.66. The Morgan fingerprint density at radius 1 is 1.57 bits per heavy atom. The zero-order chi connectivity index (χ0) is 9.97. The van der Waals surface area contributed by atoms with Crippen LogP contribution in [0.25, 0.3) is 0 Å². The number of nitrogen functional groups attached to an aromatic ring is 1. The Kier molecular flexibility index (Phi) is 2.54. The summed E-state index contributed by atoms with van der Waals surface area (Å²) in [6, 6.07) is 4.25. The van der Waals surface area contributed by atoms with Crippen LogP contribution >= 0.6 is 0 Å². The molecule has 0 aromatic carbocycles. The van der Waals surface area contributed by atoms with Gasteiger partial charge in [0.05, 0.1) is 25.1 Å². The maximum Gasteiger partial charge on any atom is 0.123 e. The standard InChI is InChI=1S/C10H15N3O/c1-8-7-14-5-4-13(8)9-2-3-10(11)12-6-9/h2-3,6,8H,4-5,7H2,1H3,(H2,11,12)/t8-/m1/s1. The number of rotatable bonds is 1. The number of hydrogen-bond acceptors (Lipinski definition) is 4. The van der Waals surface area contributed by atoms with Crippen molar-refractivity contribution < 1.29 is 4.74 Å². The number of nitrogens with zero attached hydrogens (tertiary/aromatic N) is 2. The van der Waals surface area contributed by atoms with E-state index >= 15 is 0 Å². The number of ether oxygens (including phenoxy) is 1. The van der Waals surface area contributed by atoms with Gasteiger partial charge in [-0.15, -0.1) is 0 Å². The van der Waals surface area contributed by atoms with Crippen LogP contribution in [-0.4, -0.2) is 30.8 Å². The molecule has 0 unspecified atom stereocenters. The number of nitrogens with two attached hydrogens (primary N) is 1. The maximum absolute atomic E-state index is 5.54. The molecule has 1 saturated heterocycles. The van der Waals surface area contributed by atoms with Gasteiger partial charge in [-0.05, 0) is 19.1 Å². The van der Waals surface area contributed by atoms with Crippen molar-refractivity contribution >= 4 is 11.5 Å². The van der Waals surface area contributed by atoms with Gasteiger partial charge in [0.25, 0.3) is 0 Å². The van der Waals surface area contributed by atoms with Crippen LogP contribution < -0.4 is 10.6 Å². The molecule has 1 atom stereocenters. The number of anilines is 2. The number of morpholine rings is 1. The molecule has 0 spiro atoms. The fraction of sp³-hybridized carbons (Fsp3) is 0.500. The molecule has 2 N–H and O–H groups in total. The topological polar surface area (TPSA) is 51.4 Å². The van der Waals surface area contributed by atoms with Crippen LogP contribution in [0, 0.1) is 0 Å². The van der Waals surface area contributed by atoms with E-state index in [9.17, 15) is 0 Å². The Bertz CT molecular complexity index is 299. The molecule has 1 aliphatic heterocycles. The first-order valence-electron chi connectivity index (χ1n) is 4.83. The Morgan fingerprint density at radius 2 is 2.43 bits per heavy atom. The van der Waals surface area contributed by atoms with Gasteiger partial charge in [-0.3, -0.25) is 0 Å². The van der Waals surface area contributed by atoms with Crippen LogP contribution in [0.2, 0.25) is 0 Å². The normalized spacial score (nSPS) is 22.4. The Morgan fingerprint density at radius 3 is 3.07 bits per heavy atom. The second-order valence-corrected chi connectivity index (χ2v) is 3.56. The molecule has 1 aromatic rings. The highest BCUT2D eigenvalue weighted by Crippen LogP contribution is 2.18. The minimum Gasteiger partial charge on any atom is -0.384 e. The Balaban J connectivity index is 2.16. The quantitative estimate of drug-likeness (QED) is 0.719. The molecule has 14 heavy (non-hydrogen) atoms. The maximum atomic E-state index is 5.54. The Labute approximate surface area is 83.7 Å². The molecule has 1 aliphatic rings. The lowest BCUT2D eigenvalue weighted by molar-refractivity contribution is 0.0989. The van der Waals surface area contributed by atoms with Crippen molar-refractivity contribution in [3.8, 4) is 0 Å². The fourth-order valence-corrected chi connectivity index (χ4v) is 1.68. The van der Waals surface area contributed by atoms with Gasteiger partial charge >= 0.3 is 0 Å². The highest BCUT2D eigenvalue weighted by molar-refractivity contribution is 5.49. The van der Waals surface area contributed by atoms with Crippen molar-refractivity contribution in [2.75, 3.05) is 30.4 Å². The van der Waals surface area contributed by atoms with Gasteiger partial charge in [-0.25, -0.2) is 4.98 Å². The van der Waals surface area contributed by atoms with Crippen LogP contribution in [0.1, 0.15) is 6.92 Å². The Hall–Kier alpha value is -1.29. The van der Waals surface area contributed by atoms with Gasteiger partial charge < -0.3 is 15.4 Å². The molecule has 1 fully saturated rings. The van der Waals surface area contributed by atoms with E-state index in [4.69, 9.17) is 10.5 Å². The SMILES string of the molecule is C[C@@H]1COCCN1c1ccc(N)nc1. The van der Waals surface area contributed by atoms with Gasteiger partial charge in [-0.1, -0.05) is 0 Å². The molecule has 4 heteroatoms. The lowest BCUT2D eigenvalue weighted by atomic mass is 10.2. The van der Waals surface area contributed by atoms with E-state index in [1.54, 1.807) is 0 Å². The summed E-state index contributed by atoms with van der Waals surface area (Å²) in [6.45, 7) is 4.64. The van der Waals surface area contributed by atoms with Crippen molar-refractivity contribution in [1.29, 1.82) is 0 Å². The molecule has 1 aromatic heterocycles. The van der Waals surface area contributed by atoms with Crippen molar-refractivity contribution in [3.63, 3.8) is 0 Å². The van der Waals surface area contributed by atoms with Crippen molar-refractivity contribution in [2.24, 2.45) is 0 Å². The molecule has 2 rings (SSSR count). The van der Waals surface area contributed by atoms with Crippen LogP contribution in [0.4, 0.5) is 11.5 Å². The second-order valence-electron chi connectivity index (χ2n) is 3.56. The number of aromatic nitrogens is 1. The van der Waals surface area contributed by atoms with E-state index in [2.05, 4.69) is 16.8 Å². The average Bonchev–Trinajstić information content (AvgIpc) is 2.20. The lowest BCUT2D eigenvalue weighted by Gasteiger charge is -2.34. The largest absolute Gasteiger partial charge is 0.384 e. The third-order valence-corrected chi connectivity index (χ3v) is 2.47. The van der Waals surface area contributed by atoms with E-state index in [1.165, 1.54) is 0 Å². The fourth-order valence-electron chi connectivity index (χ4n) is 1.68. The van der Waals surface area contributed by atoms with Gasteiger partial charge in [0.2, 0.25) is 0 Å². The molecule has 4 nitrogen and oxygen atoms in total. The van der Waals surface area contributed by atoms with Crippen molar-refractivity contribution in [1.82, 2.24) is 4.98 Å². The first kappa shape index (κ1) is 9.27. The summed E-state index contributed by atoms with van der Waals surface area (Å²) in [7, 11) is 0. The lowest BCUT2D eigenvalue weighted by Crippen LogP contribution is -2.43. The highest BCUT2D eigenvalue weighted by atomic mass is 16.5. The summed E-state index contributed by atoms with van der Waals surface area (Å²) in [4.78, 5) is 6.37. The van der Waals surface area contributed by atoms with Crippen LogP contribution in [0.5, 0.6) is 0 Å². The van der Waals surface area contributed by atoms with E-state index in [0.717, 1.165) is 25.4 Å². The van der Waals surface area contributed by atoms with Crippen LogP contribution in [0.15, 0.2) is 18.3 Å². The van der Waals surface area contributed by atoms with Crippen LogP contribution in [-0.2, 0) is 4.74 Å². The first-order chi connectivity index (χ1) is 6.77.